The summed E-state index contributed by atoms with van der Waals surface area (Å²) in [6.07, 6.45) is 1.76. The molecule has 1 nitrogen and oxygen atoms in total. The van der Waals surface area contributed by atoms with Gasteiger partial charge in [0.05, 0.1) is 6.61 Å². The molecule has 0 saturated carbocycles. The van der Waals surface area contributed by atoms with Crippen LogP contribution in [0.5, 0.6) is 5.75 Å². The van der Waals surface area contributed by atoms with Crippen molar-refractivity contribution in [1.82, 2.24) is 0 Å². The maximum Gasteiger partial charge on any atom is 0.201 e. The molecule has 0 spiro atoms. The number of ether oxygens (including phenoxy) is 1. The first-order valence-electron chi connectivity index (χ1n) is 6.50. The summed E-state index contributed by atoms with van der Waals surface area (Å²) in [6.45, 7) is 2.40. The summed E-state index contributed by atoms with van der Waals surface area (Å²) >= 11 is 3.31. The highest BCUT2D eigenvalue weighted by molar-refractivity contribution is 9.10. The van der Waals surface area contributed by atoms with Crippen molar-refractivity contribution in [2.24, 2.45) is 0 Å². The summed E-state index contributed by atoms with van der Waals surface area (Å²) in [5.74, 6) is -1.83. The molecule has 106 valence electrons. The summed E-state index contributed by atoms with van der Waals surface area (Å²) < 4.78 is 34.2. The van der Waals surface area contributed by atoms with Gasteiger partial charge in [0.2, 0.25) is 5.82 Å². The lowest BCUT2D eigenvalue weighted by molar-refractivity contribution is 0.289. The minimum absolute atomic E-state index is 0.0307. The molecule has 0 amide bonds. The van der Waals surface area contributed by atoms with Crippen molar-refractivity contribution in [3.05, 3.63) is 52.5 Å². The smallest absolute Gasteiger partial charge is 0.201 e. The lowest BCUT2D eigenvalue weighted by Gasteiger charge is -2.10. The highest BCUT2D eigenvalue weighted by Crippen LogP contribution is 2.30. The number of rotatable bonds is 5. The minimum atomic E-state index is -0.929. The molecular weight excluding hydrogens is 326 g/mol. The fraction of sp³-hybridized carbons (Fsp3) is 0.250. The summed E-state index contributed by atoms with van der Waals surface area (Å²) in [7, 11) is 0. The fourth-order valence-electron chi connectivity index (χ4n) is 1.82. The molecule has 0 atom stereocenters. The molecule has 0 N–H and O–H groups in total. The van der Waals surface area contributed by atoms with E-state index >= 15 is 0 Å². The second kappa shape index (κ2) is 6.84. The minimum Gasteiger partial charge on any atom is -0.490 e. The quantitative estimate of drug-likeness (QED) is 0.646. The van der Waals surface area contributed by atoms with Gasteiger partial charge in [0.25, 0.3) is 0 Å². The first kappa shape index (κ1) is 15.0. The van der Waals surface area contributed by atoms with Crippen LogP contribution in [0, 0.1) is 11.6 Å². The summed E-state index contributed by atoms with van der Waals surface area (Å²) in [5, 5.41) is 0. The Kier molecular flexibility index (Phi) is 5.12. The third-order valence-electron chi connectivity index (χ3n) is 2.96. The second-order valence-corrected chi connectivity index (χ2v) is 5.36. The molecule has 0 unspecified atom stereocenters. The van der Waals surface area contributed by atoms with Crippen molar-refractivity contribution in [1.29, 1.82) is 0 Å². The van der Waals surface area contributed by atoms with Crippen LogP contribution in [0.1, 0.15) is 19.8 Å². The van der Waals surface area contributed by atoms with Crippen LogP contribution in [-0.2, 0) is 0 Å². The van der Waals surface area contributed by atoms with Crippen molar-refractivity contribution in [2.75, 3.05) is 6.61 Å². The molecule has 0 bridgehead atoms. The maximum atomic E-state index is 14.1. The van der Waals surface area contributed by atoms with Crippen LogP contribution in [0.15, 0.2) is 40.9 Å². The Morgan fingerprint density at radius 3 is 2.35 bits per heavy atom. The average molecular weight is 341 g/mol. The zero-order valence-corrected chi connectivity index (χ0v) is 12.7. The van der Waals surface area contributed by atoms with Crippen molar-refractivity contribution in [3.63, 3.8) is 0 Å². The molecule has 20 heavy (non-hydrogen) atoms. The fourth-order valence-corrected chi connectivity index (χ4v) is 2.09. The molecule has 0 radical (unpaired) electrons. The van der Waals surface area contributed by atoms with Gasteiger partial charge < -0.3 is 4.74 Å². The Morgan fingerprint density at radius 2 is 1.70 bits per heavy atom. The molecule has 2 rings (SSSR count). The molecular formula is C16H15BrF2O. The Hall–Kier alpha value is -1.42. The molecule has 4 heteroatoms. The molecule has 0 aliphatic rings. The largest absolute Gasteiger partial charge is 0.490 e. The predicted octanol–water partition coefficient (Wildman–Crippen LogP) is 5.57. The van der Waals surface area contributed by atoms with Gasteiger partial charge in [-0.1, -0.05) is 41.4 Å². The van der Waals surface area contributed by atoms with Gasteiger partial charge in [0, 0.05) is 10.0 Å². The first-order valence-corrected chi connectivity index (χ1v) is 7.29. The zero-order valence-electron chi connectivity index (χ0n) is 11.1. The van der Waals surface area contributed by atoms with E-state index in [4.69, 9.17) is 4.74 Å². The number of hydrogen-bond acceptors (Lipinski definition) is 1. The zero-order chi connectivity index (χ0) is 14.5. The predicted molar refractivity (Wildman–Crippen MR) is 79.9 cm³/mol. The molecule has 2 aromatic rings. The molecule has 0 fully saturated rings. The van der Waals surface area contributed by atoms with Crippen LogP contribution in [0.3, 0.4) is 0 Å². The van der Waals surface area contributed by atoms with Crippen LogP contribution in [-0.4, -0.2) is 6.61 Å². The van der Waals surface area contributed by atoms with Gasteiger partial charge in [-0.15, -0.1) is 0 Å². The Bertz CT molecular complexity index is 582. The van der Waals surface area contributed by atoms with Gasteiger partial charge in [-0.3, -0.25) is 0 Å². The number of unbranched alkanes of at least 4 members (excludes halogenated alkanes) is 1. The lowest BCUT2D eigenvalue weighted by atomic mass is 10.0. The third kappa shape index (κ3) is 3.37. The van der Waals surface area contributed by atoms with Crippen LogP contribution in [0.2, 0.25) is 0 Å². The topological polar surface area (TPSA) is 9.23 Å². The van der Waals surface area contributed by atoms with E-state index in [9.17, 15) is 8.78 Å². The van der Waals surface area contributed by atoms with E-state index < -0.39 is 11.6 Å². The number of benzene rings is 2. The van der Waals surface area contributed by atoms with E-state index in [1.807, 2.05) is 6.92 Å². The van der Waals surface area contributed by atoms with Crippen molar-refractivity contribution < 1.29 is 13.5 Å². The average Bonchev–Trinajstić information content (AvgIpc) is 2.45. The molecule has 0 heterocycles. The molecule has 0 aromatic heterocycles. The van der Waals surface area contributed by atoms with Gasteiger partial charge in [-0.25, -0.2) is 4.39 Å². The SMILES string of the molecule is CCCCOc1ccc(-c2ccc(Br)cc2)c(F)c1F. The Balaban J connectivity index is 2.28. The van der Waals surface area contributed by atoms with Crippen molar-refractivity contribution in [3.8, 4) is 16.9 Å². The number of hydrogen-bond donors (Lipinski definition) is 0. The van der Waals surface area contributed by atoms with E-state index in [1.54, 1.807) is 30.3 Å². The molecule has 0 aliphatic carbocycles. The van der Waals surface area contributed by atoms with Crippen molar-refractivity contribution in [2.45, 2.75) is 19.8 Å². The standard InChI is InChI=1S/C16H15BrF2O/c1-2-3-10-20-14-9-8-13(15(18)16(14)19)11-4-6-12(17)7-5-11/h4-9H,2-3,10H2,1H3. The molecule has 2 aromatic carbocycles. The van der Waals surface area contributed by atoms with Gasteiger partial charge in [-0.05, 0) is 36.2 Å². The molecule has 0 aliphatic heterocycles. The van der Waals surface area contributed by atoms with Gasteiger partial charge in [0.15, 0.2) is 11.6 Å². The lowest BCUT2D eigenvalue weighted by Crippen LogP contribution is -2.01. The van der Waals surface area contributed by atoms with Crippen LogP contribution < -0.4 is 4.74 Å². The van der Waals surface area contributed by atoms with E-state index in [1.165, 1.54) is 6.07 Å². The van der Waals surface area contributed by atoms with Crippen LogP contribution in [0.25, 0.3) is 11.1 Å². The van der Waals surface area contributed by atoms with Crippen LogP contribution in [0.4, 0.5) is 8.78 Å². The highest BCUT2D eigenvalue weighted by atomic mass is 79.9. The van der Waals surface area contributed by atoms with E-state index in [0.29, 0.717) is 12.2 Å². The van der Waals surface area contributed by atoms with E-state index in [2.05, 4.69) is 15.9 Å². The maximum absolute atomic E-state index is 14.1. The van der Waals surface area contributed by atoms with Crippen molar-refractivity contribution >= 4 is 15.9 Å². The first-order chi connectivity index (χ1) is 9.63. The normalized spacial score (nSPS) is 10.6. The summed E-state index contributed by atoms with van der Waals surface area (Å²) in [6, 6.07) is 10.1. The molecule has 0 saturated heterocycles. The Labute approximate surface area is 125 Å². The number of halogens is 3. The van der Waals surface area contributed by atoms with E-state index in [-0.39, 0.29) is 11.3 Å². The summed E-state index contributed by atoms with van der Waals surface area (Å²) in [5.41, 5.74) is 0.863. The van der Waals surface area contributed by atoms with Gasteiger partial charge >= 0.3 is 0 Å². The van der Waals surface area contributed by atoms with Crippen LogP contribution >= 0.6 is 15.9 Å². The third-order valence-corrected chi connectivity index (χ3v) is 3.49. The van der Waals surface area contributed by atoms with E-state index in [0.717, 1.165) is 17.3 Å². The second-order valence-electron chi connectivity index (χ2n) is 4.45. The van der Waals surface area contributed by atoms with Gasteiger partial charge in [-0.2, -0.15) is 4.39 Å². The monoisotopic (exact) mass is 340 g/mol. The highest BCUT2D eigenvalue weighted by Gasteiger charge is 2.15. The Morgan fingerprint density at radius 1 is 1.00 bits per heavy atom. The summed E-state index contributed by atoms with van der Waals surface area (Å²) in [4.78, 5) is 0. The van der Waals surface area contributed by atoms with Gasteiger partial charge in [0.1, 0.15) is 0 Å².